The van der Waals surface area contributed by atoms with Crippen LogP contribution in [0.2, 0.25) is 0 Å². The number of carbonyl (C=O) groups is 1. The van der Waals surface area contributed by atoms with Gasteiger partial charge in [0.15, 0.2) is 15.6 Å². The van der Waals surface area contributed by atoms with Crippen molar-refractivity contribution in [2.75, 3.05) is 5.75 Å². The van der Waals surface area contributed by atoms with Crippen LogP contribution < -0.4 is 0 Å². The lowest BCUT2D eigenvalue weighted by molar-refractivity contribution is 0.0983. The molecular weight excluding hydrogens is 281 g/mol. The summed E-state index contributed by atoms with van der Waals surface area (Å²) in [6.45, 7) is 0. The molecule has 1 atom stereocenters. The number of nitrogens with one attached hydrogen (secondary N) is 1. The summed E-state index contributed by atoms with van der Waals surface area (Å²) in [4.78, 5) is 15.4. The summed E-state index contributed by atoms with van der Waals surface area (Å²) in [5, 5.41) is -0.547. The number of aromatic nitrogens is 1. The summed E-state index contributed by atoms with van der Waals surface area (Å²) in [5.74, 6) is -0.820. The normalized spacial score (nSPS) is 21.9. The minimum atomic E-state index is -3.38. The molecule has 106 valence electrons. The largest absolute Gasteiger partial charge is 0.360 e. The van der Waals surface area contributed by atoms with E-state index in [9.17, 15) is 17.6 Å². The fourth-order valence-electron chi connectivity index (χ4n) is 2.72. The van der Waals surface area contributed by atoms with Crippen LogP contribution >= 0.6 is 0 Å². The van der Waals surface area contributed by atoms with E-state index in [0.29, 0.717) is 23.7 Å². The summed E-state index contributed by atoms with van der Waals surface area (Å²) in [6, 6.07) is 4.09. The van der Waals surface area contributed by atoms with Gasteiger partial charge in [-0.2, -0.15) is 0 Å². The van der Waals surface area contributed by atoms with Gasteiger partial charge in [-0.25, -0.2) is 12.8 Å². The Hall–Kier alpha value is -1.69. The highest BCUT2D eigenvalue weighted by Gasteiger charge is 2.36. The summed E-state index contributed by atoms with van der Waals surface area (Å²) < 4.78 is 37.3. The van der Waals surface area contributed by atoms with Crippen LogP contribution in [0.3, 0.4) is 0 Å². The quantitative estimate of drug-likeness (QED) is 0.865. The van der Waals surface area contributed by atoms with Gasteiger partial charge in [-0.3, -0.25) is 4.79 Å². The highest BCUT2D eigenvalue weighted by atomic mass is 32.2. The van der Waals surface area contributed by atoms with Crippen LogP contribution in [0.5, 0.6) is 0 Å². The first-order valence-corrected chi connectivity index (χ1v) is 8.23. The number of benzene rings is 1. The van der Waals surface area contributed by atoms with Crippen LogP contribution in [-0.4, -0.2) is 30.2 Å². The Morgan fingerprint density at radius 3 is 2.85 bits per heavy atom. The third kappa shape index (κ3) is 2.14. The van der Waals surface area contributed by atoms with Crippen LogP contribution in [0.4, 0.5) is 4.39 Å². The summed E-state index contributed by atoms with van der Waals surface area (Å²) >= 11 is 0. The van der Waals surface area contributed by atoms with Crippen LogP contribution in [0.15, 0.2) is 24.4 Å². The molecule has 0 saturated carbocycles. The average molecular weight is 295 g/mol. The molecule has 0 amide bonds. The fraction of sp³-hybridized carbons (Fsp3) is 0.357. The van der Waals surface area contributed by atoms with Crippen molar-refractivity contribution in [3.63, 3.8) is 0 Å². The first-order chi connectivity index (χ1) is 9.49. The topological polar surface area (TPSA) is 67.0 Å². The lowest BCUT2D eigenvalue weighted by Gasteiger charge is -2.20. The van der Waals surface area contributed by atoms with Crippen LogP contribution in [0.25, 0.3) is 10.9 Å². The highest BCUT2D eigenvalue weighted by molar-refractivity contribution is 7.92. The molecule has 1 unspecified atom stereocenters. The van der Waals surface area contributed by atoms with Crippen molar-refractivity contribution in [2.45, 2.75) is 24.5 Å². The van der Waals surface area contributed by atoms with Gasteiger partial charge in [0.2, 0.25) is 0 Å². The zero-order chi connectivity index (χ0) is 14.3. The maximum absolute atomic E-state index is 13.3. The molecular formula is C14H14FNO3S. The van der Waals surface area contributed by atoms with Gasteiger partial charge in [-0.1, -0.05) is 6.42 Å². The fourth-order valence-corrected chi connectivity index (χ4v) is 4.59. The minimum Gasteiger partial charge on any atom is -0.360 e. The molecule has 2 heterocycles. The lowest BCUT2D eigenvalue weighted by atomic mass is 10.0. The van der Waals surface area contributed by atoms with Gasteiger partial charge in [-0.15, -0.1) is 0 Å². The number of rotatable bonds is 2. The number of halogens is 1. The number of hydrogen-bond donors (Lipinski definition) is 1. The number of carbonyl (C=O) groups excluding carboxylic acids is 1. The van der Waals surface area contributed by atoms with Gasteiger partial charge < -0.3 is 4.98 Å². The monoisotopic (exact) mass is 295 g/mol. The number of aromatic amines is 1. The number of Topliss-reactive ketones (excluding diaryl/α,β-unsaturated/α-hetero) is 1. The Balaban J connectivity index is 2.06. The average Bonchev–Trinajstić information content (AvgIpc) is 2.80. The van der Waals surface area contributed by atoms with E-state index in [1.165, 1.54) is 24.4 Å². The molecule has 1 fully saturated rings. The molecule has 1 aliphatic heterocycles. The van der Waals surface area contributed by atoms with E-state index in [1.54, 1.807) is 0 Å². The van der Waals surface area contributed by atoms with Crippen molar-refractivity contribution >= 4 is 26.5 Å². The first-order valence-electron chi connectivity index (χ1n) is 6.51. The standard InChI is InChI=1S/C14H14FNO3S/c15-9-4-5-12-10(7-9)11(8-16-12)14(17)13-3-1-2-6-20(13,18)19/h4-5,7-8,13,16H,1-3,6H2. The van der Waals surface area contributed by atoms with E-state index in [2.05, 4.69) is 4.98 Å². The van der Waals surface area contributed by atoms with Gasteiger partial charge in [0.25, 0.3) is 0 Å². The molecule has 0 radical (unpaired) electrons. The van der Waals surface area contributed by atoms with Crippen molar-refractivity contribution in [1.82, 2.24) is 4.98 Å². The van der Waals surface area contributed by atoms with Crippen molar-refractivity contribution in [2.24, 2.45) is 0 Å². The zero-order valence-corrected chi connectivity index (χ0v) is 11.5. The molecule has 1 aromatic carbocycles. The summed E-state index contributed by atoms with van der Waals surface area (Å²) in [5.41, 5.74) is 0.887. The van der Waals surface area contributed by atoms with Crippen LogP contribution in [0, 0.1) is 5.82 Å². The van der Waals surface area contributed by atoms with Crippen molar-refractivity contribution in [3.05, 3.63) is 35.8 Å². The molecule has 4 nitrogen and oxygen atoms in total. The second kappa shape index (κ2) is 4.70. The van der Waals surface area contributed by atoms with Crippen LogP contribution in [0.1, 0.15) is 29.6 Å². The first kappa shape index (κ1) is 13.3. The number of fused-ring (bicyclic) bond motifs is 1. The SMILES string of the molecule is O=C(c1c[nH]c2ccc(F)cc12)C1CCCCS1(=O)=O. The Morgan fingerprint density at radius 2 is 2.10 bits per heavy atom. The lowest BCUT2D eigenvalue weighted by Crippen LogP contribution is -2.35. The molecule has 2 aromatic rings. The molecule has 0 aliphatic carbocycles. The Bertz CT molecular complexity index is 779. The number of sulfone groups is 1. The minimum absolute atomic E-state index is 0.0557. The molecule has 6 heteroatoms. The molecule has 1 aromatic heterocycles. The highest BCUT2D eigenvalue weighted by Crippen LogP contribution is 2.27. The number of hydrogen-bond acceptors (Lipinski definition) is 3. The molecule has 1 saturated heterocycles. The molecule has 1 N–H and O–H groups in total. The van der Waals surface area contributed by atoms with E-state index in [-0.39, 0.29) is 11.3 Å². The predicted octanol–water partition coefficient (Wildman–Crippen LogP) is 2.46. The van der Waals surface area contributed by atoms with E-state index in [0.717, 1.165) is 6.42 Å². The maximum atomic E-state index is 13.3. The molecule has 1 aliphatic rings. The molecule has 0 spiro atoms. The second-order valence-electron chi connectivity index (χ2n) is 5.11. The van der Waals surface area contributed by atoms with Crippen molar-refractivity contribution < 1.29 is 17.6 Å². The Labute approximate surface area is 115 Å². The predicted molar refractivity (Wildman–Crippen MR) is 74.0 cm³/mol. The smallest absolute Gasteiger partial charge is 0.183 e. The van der Waals surface area contributed by atoms with Crippen molar-refractivity contribution in [3.8, 4) is 0 Å². The third-order valence-electron chi connectivity index (χ3n) is 3.78. The summed E-state index contributed by atoms with van der Waals surface area (Å²) in [6.07, 6.45) is 3.15. The molecule has 0 bridgehead atoms. The number of ketones is 1. The van der Waals surface area contributed by atoms with Gasteiger partial charge >= 0.3 is 0 Å². The molecule has 3 rings (SSSR count). The van der Waals surface area contributed by atoms with Crippen LogP contribution in [-0.2, 0) is 9.84 Å². The zero-order valence-electron chi connectivity index (χ0n) is 10.7. The Kier molecular flexibility index (Phi) is 3.12. The van der Waals surface area contributed by atoms with E-state index in [1.807, 2.05) is 0 Å². The van der Waals surface area contributed by atoms with E-state index >= 15 is 0 Å². The molecule has 20 heavy (non-hydrogen) atoms. The maximum Gasteiger partial charge on any atom is 0.183 e. The van der Waals surface area contributed by atoms with Gasteiger partial charge in [0, 0.05) is 22.7 Å². The number of H-pyrrole nitrogens is 1. The van der Waals surface area contributed by atoms with Gasteiger partial charge in [0.05, 0.1) is 5.75 Å². The van der Waals surface area contributed by atoms with E-state index in [4.69, 9.17) is 0 Å². The van der Waals surface area contributed by atoms with E-state index < -0.39 is 26.7 Å². The summed E-state index contributed by atoms with van der Waals surface area (Å²) in [7, 11) is -3.38. The third-order valence-corrected chi connectivity index (χ3v) is 5.95. The van der Waals surface area contributed by atoms with Gasteiger partial charge in [-0.05, 0) is 31.0 Å². The second-order valence-corrected chi connectivity index (χ2v) is 7.41. The Morgan fingerprint density at radius 1 is 1.30 bits per heavy atom. The van der Waals surface area contributed by atoms with Crippen molar-refractivity contribution in [1.29, 1.82) is 0 Å². The van der Waals surface area contributed by atoms with Gasteiger partial charge in [0.1, 0.15) is 11.1 Å².